The van der Waals surface area contributed by atoms with Crippen LogP contribution >= 0.6 is 0 Å². The van der Waals surface area contributed by atoms with E-state index in [0.717, 1.165) is 38.5 Å². The van der Waals surface area contributed by atoms with Gasteiger partial charge >= 0.3 is 11.9 Å². The largest absolute Gasteiger partial charge is 0.369 e. The Balaban J connectivity index is 1.48. The quantitative estimate of drug-likeness (QED) is 0.226. The second kappa shape index (κ2) is 13.9. The maximum atomic E-state index is 14.7. The number of ketones is 2. The molecular formula is C38H50N4O8. The standard InChI is InChI=1S/C38H50N4O8/c1-35(2)23-39-27-19-11-13-21-29(27)41(35)49-33(45)37(47,31(43)25-15-7-5-8-16-25)38(48,32(44)26-17-9-6-10-18-26)34(46)50-42-30-22-14-12-20-28(30)40-24-36(42,3)4/h5-10,15-18,27-30,39-40,47-48H,11-14,19-24H2,1-4H3/t27-,28-,29+,30+,37?,38?/m1/s1. The van der Waals surface area contributed by atoms with Gasteiger partial charge in [0.15, 0.2) is 0 Å². The molecule has 2 aromatic rings. The minimum atomic E-state index is -3.77. The van der Waals surface area contributed by atoms with Crippen LogP contribution in [0.2, 0.25) is 0 Å². The molecule has 2 saturated carbocycles. The molecule has 50 heavy (non-hydrogen) atoms. The third-order valence-electron chi connectivity index (χ3n) is 11.1. The summed E-state index contributed by atoms with van der Waals surface area (Å²) < 4.78 is 0. The molecule has 4 N–H and O–H groups in total. The monoisotopic (exact) mass is 690 g/mol. The highest BCUT2D eigenvalue weighted by Gasteiger charge is 2.72. The smallest absolute Gasteiger partial charge is 0.368 e. The van der Waals surface area contributed by atoms with Gasteiger partial charge in [0, 0.05) is 36.3 Å². The molecule has 2 aliphatic heterocycles. The summed E-state index contributed by atoms with van der Waals surface area (Å²) in [5.74, 6) is -6.06. The number of nitrogens with zero attached hydrogens (tertiary/aromatic N) is 2. The maximum absolute atomic E-state index is 14.7. The van der Waals surface area contributed by atoms with Crippen LogP contribution in [0, 0.1) is 0 Å². The fourth-order valence-corrected chi connectivity index (χ4v) is 8.18. The first-order valence-electron chi connectivity index (χ1n) is 17.9. The second-order valence-corrected chi connectivity index (χ2v) is 15.5. The minimum Gasteiger partial charge on any atom is -0.368 e. The molecule has 0 amide bonds. The average Bonchev–Trinajstić information content (AvgIpc) is 3.13. The molecule has 2 aliphatic carbocycles. The molecule has 0 spiro atoms. The fourth-order valence-electron chi connectivity index (χ4n) is 8.18. The van der Waals surface area contributed by atoms with Crippen LogP contribution in [0.4, 0.5) is 0 Å². The van der Waals surface area contributed by atoms with Gasteiger partial charge in [-0.1, -0.05) is 86.3 Å². The average molecular weight is 691 g/mol. The van der Waals surface area contributed by atoms with Crippen molar-refractivity contribution in [2.24, 2.45) is 0 Å². The van der Waals surface area contributed by atoms with E-state index in [2.05, 4.69) is 10.6 Å². The van der Waals surface area contributed by atoms with E-state index in [0.29, 0.717) is 25.9 Å². The number of hydroxylamine groups is 4. The first-order valence-corrected chi connectivity index (χ1v) is 17.9. The number of Topliss-reactive ketones (excluding diaryl/α,β-unsaturated/α-hetero) is 2. The minimum absolute atomic E-state index is 0.0318. The van der Waals surface area contributed by atoms with Gasteiger partial charge in [-0.3, -0.25) is 9.59 Å². The number of nitrogens with one attached hydrogen (secondary N) is 2. The summed E-state index contributed by atoms with van der Waals surface area (Å²) in [4.78, 5) is 70.7. The van der Waals surface area contributed by atoms with Gasteiger partial charge < -0.3 is 30.5 Å². The van der Waals surface area contributed by atoms with Crippen molar-refractivity contribution in [1.29, 1.82) is 0 Å². The highest BCUT2D eigenvalue weighted by atomic mass is 16.7. The van der Waals surface area contributed by atoms with Gasteiger partial charge in [-0.15, -0.1) is 10.1 Å². The Morgan fingerprint density at radius 1 is 0.620 bits per heavy atom. The van der Waals surface area contributed by atoms with Gasteiger partial charge in [-0.05, 0) is 53.4 Å². The van der Waals surface area contributed by atoms with Gasteiger partial charge in [0.2, 0.25) is 11.6 Å². The highest BCUT2D eigenvalue weighted by molar-refractivity contribution is 6.28. The predicted molar refractivity (Wildman–Crippen MR) is 184 cm³/mol. The van der Waals surface area contributed by atoms with E-state index < -0.39 is 45.8 Å². The first-order chi connectivity index (χ1) is 23.7. The fraction of sp³-hybridized carbons (Fsp3) is 0.579. The molecule has 2 saturated heterocycles. The zero-order valence-corrected chi connectivity index (χ0v) is 29.4. The number of fused-ring (bicyclic) bond motifs is 2. The highest BCUT2D eigenvalue weighted by Crippen LogP contribution is 2.39. The van der Waals surface area contributed by atoms with Crippen LogP contribution in [-0.2, 0) is 19.3 Å². The maximum Gasteiger partial charge on any atom is 0.369 e. The molecule has 0 bridgehead atoms. The van der Waals surface area contributed by atoms with Crippen molar-refractivity contribution >= 4 is 23.5 Å². The molecule has 12 heteroatoms. The Bertz CT molecular complexity index is 1470. The molecule has 2 unspecified atom stereocenters. The Morgan fingerprint density at radius 2 is 0.960 bits per heavy atom. The molecule has 0 radical (unpaired) electrons. The summed E-state index contributed by atoms with van der Waals surface area (Å²) in [6.45, 7) is 8.22. The Hall–Kier alpha value is -3.52. The number of carbonyl (C=O) groups is 4. The SMILES string of the molecule is CC1(C)CN[C@@H]2CCCC[C@@H]2N1OC(=O)C(O)(C(=O)c1ccccc1)C(O)(C(=O)ON1[C@H]2CCCC[C@H]2NCC1(C)C)C(=O)c1ccccc1. The van der Waals surface area contributed by atoms with Crippen molar-refractivity contribution in [2.75, 3.05) is 13.1 Å². The van der Waals surface area contributed by atoms with Crippen molar-refractivity contribution in [3.8, 4) is 0 Å². The number of aliphatic hydroxyl groups is 2. The van der Waals surface area contributed by atoms with Crippen molar-refractivity contribution in [3.63, 3.8) is 0 Å². The molecule has 12 nitrogen and oxygen atoms in total. The zero-order chi connectivity index (χ0) is 35.9. The number of hydrogen-bond donors (Lipinski definition) is 4. The molecule has 2 aromatic carbocycles. The number of benzene rings is 2. The van der Waals surface area contributed by atoms with E-state index in [4.69, 9.17) is 9.68 Å². The Kier molecular flexibility index (Phi) is 10.1. The van der Waals surface area contributed by atoms with Crippen LogP contribution in [0.3, 0.4) is 0 Å². The van der Waals surface area contributed by atoms with Crippen LogP contribution in [0.5, 0.6) is 0 Å². The van der Waals surface area contributed by atoms with Crippen molar-refractivity contribution < 1.29 is 39.1 Å². The van der Waals surface area contributed by atoms with Gasteiger partial charge in [0.25, 0.3) is 11.2 Å². The normalized spacial score (nSPS) is 28.8. The van der Waals surface area contributed by atoms with Gasteiger partial charge in [-0.25, -0.2) is 9.59 Å². The molecule has 4 aliphatic rings. The van der Waals surface area contributed by atoms with E-state index in [1.807, 2.05) is 27.7 Å². The van der Waals surface area contributed by atoms with E-state index in [1.54, 1.807) is 12.1 Å². The lowest BCUT2D eigenvalue weighted by molar-refractivity contribution is -0.278. The van der Waals surface area contributed by atoms with Crippen molar-refractivity contribution in [1.82, 2.24) is 20.8 Å². The van der Waals surface area contributed by atoms with Gasteiger partial charge in [0.05, 0.1) is 23.2 Å². The van der Waals surface area contributed by atoms with Crippen LogP contribution in [0.25, 0.3) is 0 Å². The molecule has 0 aromatic heterocycles. The van der Waals surface area contributed by atoms with Crippen molar-refractivity contribution in [3.05, 3.63) is 71.8 Å². The van der Waals surface area contributed by atoms with Crippen LogP contribution in [0.1, 0.15) is 99.8 Å². The van der Waals surface area contributed by atoms with E-state index in [1.165, 1.54) is 58.7 Å². The molecule has 270 valence electrons. The Morgan fingerprint density at radius 3 is 1.32 bits per heavy atom. The van der Waals surface area contributed by atoms with Crippen molar-refractivity contribution in [2.45, 2.75) is 126 Å². The third kappa shape index (κ3) is 6.31. The lowest BCUT2D eigenvalue weighted by atomic mass is 9.73. The molecule has 4 fully saturated rings. The van der Waals surface area contributed by atoms with Gasteiger partial charge in [-0.2, -0.15) is 0 Å². The number of rotatable bonds is 9. The van der Waals surface area contributed by atoms with E-state index in [9.17, 15) is 29.4 Å². The van der Waals surface area contributed by atoms with Crippen LogP contribution in [-0.4, -0.2) is 103 Å². The lowest BCUT2D eigenvalue weighted by Gasteiger charge is -2.52. The number of hydrogen-bond acceptors (Lipinski definition) is 12. The summed E-state index contributed by atoms with van der Waals surface area (Å²) in [6, 6.07) is 13.9. The van der Waals surface area contributed by atoms with E-state index in [-0.39, 0.29) is 35.3 Å². The van der Waals surface area contributed by atoms with Crippen LogP contribution in [0.15, 0.2) is 60.7 Å². The predicted octanol–water partition coefficient (Wildman–Crippen LogP) is 3.12. The summed E-state index contributed by atoms with van der Waals surface area (Å²) in [7, 11) is 0. The third-order valence-corrected chi connectivity index (χ3v) is 11.1. The second-order valence-electron chi connectivity index (χ2n) is 15.5. The molecular weight excluding hydrogens is 640 g/mol. The number of piperazine rings is 2. The molecule has 6 rings (SSSR count). The first kappa shape index (κ1) is 36.3. The van der Waals surface area contributed by atoms with Crippen LogP contribution < -0.4 is 10.6 Å². The zero-order valence-electron chi connectivity index (χ0n) is 29.4. The summed E-state index contributed by atoms with van der Waals surface area (Å²) >= 11 is 0. The Labute approximate surface area is 293 Å². The number of carbonyl (C=O) groups excluding carboxylic acids is 4. The lowest BCUT2D eigenvalue weighted by Crippen LogP contribution is -2.76. The molecule has 6 atom stereocenters. The summed E-state index contributed by atoms with van der Waals surface area (Å²) in [6.07, 6.45) is 6.67. The molecule has 2 heterocycles. The van der Waals surface area contributed by atoms with E-state index >= 15 is 0 Å². The topological polar surface area (TPSA) is 158 Å². The van der Waals surface area contributed by atoms with Gasteiger partial charge in [0.1, 0.15) is 0 Å². The summed E-state index contributed by atoms with van der Waals surface area (Å²) in [5.41, 5.74) is -9.60. The summed E-state index contributed by atoms with van der Waals surface area (Å²) in [5, 5.41) is 35.4.